The van der Waals surface area contributed by atoms with Gasteiger partial charge >= 0.3 is 0 Å². The van der Waals surface area contributed by atoms with Crippen molar-refractivity contribution in [1.82, 2.24) is 0 Å². The van der Waals surface area contributed by atoms with Gasteiger partial charge < -0.3 is 4.90 Å². The lowest BCUT2D eigenvalue weighted by Crippen LogP contribution is -2.33. The van der Waals surface area contributed by atoms with Crippen LogP contribution in [-0.2, 0) is 21.2 Å². The van der Waals surface area contributed by atoms with E-state index in [1.807, 2.05) is 24.3 Å². The Morgan fingerprint density at radius 3 is 2.52 bits per heavy atom. The van der Waals surface area contributed by atoms with Crippen LogP contribution in [0.2, 0.25) is 0 Å². The molecule has 0 unspecified atom stereocenters. The molecule has 2 aromatic rings. The van der Waals surface area contributed by atoms with Crippen LogP contribution in [0.3, 0.4) is 0 Å². The van der Waals surface area contributed by atoms with Gasteiger partial charge in [0.05, 0.1) is 16.9 Å². The first-order valence-electron chi connectivity index (χ1n) is 8.78. The number of benzene rings is 2. The Bertz CT molecular complexity index is 1060. The van der Waals surface area contributed by atoms with E-state index in [1.165, 1.54) is 6.07 Å². The summed E-state index contributed by atoms with van der Waals surface area (Å²) in [6.45, 7) is 3.81. The van der Waals surface area contributed by atoms with E-state index in [9.17, 15) is 18.0 Å². The molecule has 0 spiro atoms. The number of sulfonamides is 1. The summed E-state index contributed by atoms with van der Waals surface area (Å²) in [6, 6.07) is 14.0. The normalized spacial score (nSPS) is 20.0. The van der Waals surface area contributed by atoms with Gasteiger partial charge in [-0.1, -0.05) is 24.3 Å². The van der Waals surface area contributed by atoms with Crippen molar-refractivity contribution in [2.45, 2.75) is 20.3 Å². The molecule has 1 saturated heterocycles. The van der Waals surface area contributed by atoms with Crippen LogP contribution in [0, 0.1) is 5.41 Å². The number of nitrogens with zero attached hydrogens (tertiary/aromatic N) is 2. The van der Waals surface area contributed by atoms with Gasteiger partial charge in [0.25, 0.3) is 5.91 Å². The highest BCUT2D eigenvalue weighted by molar-refractivity contribution is 7.94. The van der Waals surface area contributed by atoms with Crippen molar-refractivity contribution in [3.05, 3.63) is 59.7 Å². The lowest BCUT2D eigenvalue weighted by atomic mass is 9.95. The molecule has 0 atom stereocenters. The van der Waals surface area contributed by atoms with Crippen molar-refractivity contribution in [2.75, 3.05) is 21.5 Å². The van der Waals surface area contributed by atoms with E-state index in [0.29, 0.717) is 12.1 Å². The minimum atomic E-state index is -3.75. The van der Waals surface area contributed by atoms with Crippen LogP contribution in [0.25, 0.3) is 0 Å². The van der Waals surface area contributed by atoms with Gasteiger partial charge in [0, 0.05) is 17.8 Å². The number of amides is 2. The second-order valence-corrected chi connectivity index (χ2v) is 9.41. The molecule has 0 bridgehead atoms. The van der Waals surface area contributed by atoms with Gasteiger partial charge in [-0.05, 0) is 50.1 Å². The fourth-order valence-corrected chi connectivity index (χ4v) is 5.83. The molecule has 27 heavy (non-hydrogen) atoms. The van der Waals surface area contributed by atoms with Crippen LogP contribution < -0.4 is 9.21 Å². The van der Waals surface area contributed by atoms with E-state index in [0.717, 1.165) is 22.0 Å². The molecule has 2 aromatic carbocycles. The minimum absolute atomic E-state index is 0.204. The number of fused-ring (bicyclic) bond motifs is 1. The molecule has 2 aliphatic heterocycles. The summed E-state index contributed by atoms with van der Waals surface area (Å²) in [7, 11) is -3.75. The highest BCUT2D eigenvalue weighted by atomic mass is 32.2. The number of anilines is 2. The van der Waals surface area contributed by atoms with Gasteiger partial charge in [-0.3, -0.25) is 9.59 Å². The fraction of sp³-hybridized carbons (Fsp3) is 0.300. The molecule has 2 heterocycles. The monoisotopic (exact) mass is 384 g/mol. The Labute approximate surface area is 158 Å². The largest absolute Gasteiger partial charge is 0.308 e. The molecule has 0 radical (unpaired) electrons. The van der Waals surface area contributed by atoms with E-state index >= 15 is 0 Å². The number of hydrogen-bond acceptors (Lipinski definition) is 4. The number of carbonyl (C=O) groups is 2. The Kier molecular flexibility index (Phi) is 3.89. The Morgan fingerprint density at radius 1 is 1.07 bits per heavy atom. The highest BCUT2D eigenvalue weighted by Crippen LogP contribution is 2.36. The van der Waals surface area contributed by atoms with Gasteiger partial charge in [0.2, 0.25) is 15.9 Å². The lowest BCUT2D eigenvalue weighted by molar-refractivity contribution is -0.123. The first-order chi connectivity index (χ1) is 12.7. The van der Waals surface area contributed by atoms with Crippen LogP contribution >= 0.6 is 0 Å². The maximum Gasteiger partial charge on any atom is 0.258 e. The first kappa shape index (κ1) is 17.7. The summed E-state index contributed by atoms with van der Waals surface area (Å²) in [5, 5.41) is 0. The zero-order valence-corrected chi connectivity index (χ0v) is 16.0. The molecule has 2 amide bonds. The van der Waals surface area contributed by atoms with Crippen molar-refractivity contribution in [3.63, 3.8) is 0 Å². The molecule has 7 heteroatoms. The second kappa shape index (κ2) is 5.92. The minimum Gasteiger partial charge on any atom is -0.308 e. The molecular weight excluding hydrogens is 364 g/mol. The molecular formula is C20H20N2O4S. The van der Waals surface area contributed by atoms with E-state index < -0.39 is 21.3 Å². The van der Waals surface area contributed by atoms with Gasteiger partial charge in [-0.2, -0.15) is 0 Å². The second-order valence-electron chi connectivity index (χ2n) is 7.60. The van der Waals surface area contributed by atoms with E-state index in [-0.39, 0.29) is 17.3 Å². The summed E-state index contributed by atoms with van der Waals surface area (Å²) < 4.78 is 25.8. The lowest BCUT2D eigenvalue weighted by Gasteiger charge is -2.20. The molecule has 1 fully saturated rings. The van der Waals surface area contributed by atoms with E-state index in [1.54, 1.807) is 36.9 Å². The van der Waals surface area contributed by atoms with Crippen LogP contribution in [0.4, 0.5) is 11.4 Å². The van der Waals surface area contributed by atoms with Crippen molar-refractivity contribution in [1.29, 1.82) is 0 Å². The molecule has 0 aliphatic carbocycles. The Hall–Kier alpha value is -2.67. The topological polar surface area (TPSA) is 74.8 Å². The van der Waals surface area contributed by atoms with Crippen molar-refractivity contribution >= 4 is 33.2 Å². The summed E-state index contributed by atoms with van der Waals surface area (Å²) in [4.78, 5) is 27.3. The number of hydrogen-bond donors (Lipinski definition) is 0. The average Bonchev–Trinajstić information content (AvgIpc) is 3.10. The zero-order chi connectivity index (χ0) is 19.4. The van der Waals surface area contributed by atoms with Gasteiger partial charge in [0.1, 0.15) is 0 Å². The predicted molar refractivity (Wildman–Crippen MR) is 103 cm³/mol. The van der Waals surface area contributed by atoms with Crippen molar-refractivity contribution in [2.24, 2.45) is 5.41 Å². The van der Waals surface area contributed by atoms with Gasteiger partial charge in [-0.15, -0.1) is 0 Å². The van der Waals surface area contributed by atoms with Crippen molar-refractivity contribution < 1.29 is 18.0 Å². The van der Waals surface area contributed by atoms with Crippen LogP contribution in [-0.4, -0.2) is 32.5 Å². The third-order valence-electron chi connectivity index (χ3n) is 5.04. The fourth-order valence-electron chi connectivity index (χ4n) is 3.73. The van der Waals surface area contributed by atoms with Crippen LogP contribution in [0.5, 0.6) is 0 Å². The predicted octanol–water partition coefficient (Wildman–Crippen LogP) is 2.59. The third kappa shape index (κ3) is 2.82. The SMILES string of the molecule is CC1(C)CS(=O)(=O)N(c2cccc(C(=O)N3CCc4ccccc43)c2)C1=O. The zero-order valence-electron chi connectivity index (χ0n) is 15.2. The van der Waals surface area contributed by atoms with Crippen LogP contribution in [0.1, 0.15) is 29.8 Å². The molecule has 0 saturated carbocycles. The summed E-state index contributed by atoms with van der Waals surface area (Å²) in [5.41, 5.74) is 1.58. The number of para-hydroxylation sites is 1. The molecule has 6 nitrogen and oxygen atoms in total. The number of carbonyl (C=O) groups excluding carboxylic acids is 2. The quantitative estimate of drug-likeness (QED) is 0.798. The van der Waals surface area contributed by atoms with E-state index in [4.69, 9.17) is 0 Å². The average molecular weight is 384 g/mol. The molecule has 4 rings (SSSR count). The molecule has 0 N–H and O–H groups in total. The smallest absolute Gasteiger partial charge is 0.258 e. The summed E-state index contributed by atoms with van der Waals surface area (Å²) in [5.74, 6) is -0.917. The number of rotatable bonds is 2. The molecule has 2 aliphatic rings. The highest BCUT2D eigenvalue weighted by Gasteiger charge is 2.50. The molecule has 140 valence electrons. The summed E-state index contributed by atoms with van der Waals surface area (Å²) in [6.07, 6.45) is 0.786. The van der Waals surface area contributed by atoms with Gasteiger partial charge in [-0.25, -0.2) is 12.7 Å². The Balaban J connectivity index is 1.70. The Morgan fingerprint density at radius 2 is 1.81 bits per heavy atom. The standard InChI is InChI=1S/C20H20N2O4S/c1-20(2)13-27(25,26)22(19(20)24)16-8-5-7-15(12-16)18(23)21-11-10-14-6-3-4-9-17(14)21/h3-9,12H,10-11,13H2,1-2H3. The maximum atomic E-state index is 13.0. The maximum absolute atomic E-state index is 13.0. The van der Waals surface area contributed by atoms with Crippen LogP contribution in [0.15, 0.2) is 48.5 Å². The molecule has 0 aromatic heterocycles. The van der Waals surface area contributed by atoms with E-state index in [2.05, 4.69) is 0 Å². The summed E-state index contributed by atoms with van der Waals surface area (Å²) >= 11 is 0. The first-order valence-corrected chi connectivity index (χ1v) is 10.4. The van der Waals surface area contributed by atoms with Gasteiger partial charge in [0.15, 0.2) is 0 Å². The third-order valence-corrected chi connectivity index (χ3v) is 7.06. The van der Waals surface area contributed by atoms with Crippen molar-refractivity contribution in [3.8, 4) is 0 Å².